The highest BCUT2D eigenvalue weighted by Gasteiger charge is 2.21. The van der Waals surface area contributed by atoms with Gasteiger partial charge in [0, 0.05) is 18.8 Å². The Bertz CT molecular complexity index is 461. The lowest BCUT2D eigenvalue weighted by molar-refractivity contribution is 0.0529. The fourth-order valence-electron chi connectivity index (χ4n) is 2.05. The lowest BCUT2D eigenvalue weighted by atomic mass is 10.2. The van der Waals surface area contributed by atoms with E-state index in [4.69, 9.17) is 15.7 Å². The maximum Gasteiger partial charge on any atom is 0.173 e. The van der Waals surface area contributed by atoms with Crippen LogP contribution in [0.15, 0.2) is 17.3 Å². The molecule has 1 saturated heterocycles. The Kier molecular flexibility index (Phi) is 3.66. The van der Waals surface area contributed by atoms with Crippen LogP contribution >= 0.6 is 0 Å². The predicted octanol–water partition coefficient (Wildman–Crippen LogP) is 0.710. The van der Waals surface area contributed by atoms with E-state index in [1.54, 1.807) is 0 Å². The van der Waals surface area contributed by atoms with Crippen molar-refractivity contribution >= 4 is 11.7 Å². The third-order valence-electron chi connectivity index (χ3n) is 2.94. The minimum Gasteiger partial charge on any atom is -0.409 e. The van der Waals surface area contributed by atoms with Gasteiger partial charge in [0.1, 0.15) is 5.82 Å². The van der Waals surface area contributed by atoms with E-state index < -0.39 is 0 Å². The molecular weight excluding hydrogens is 232 g/mol. The minimum absolute atomic E-state index is 0.0802. The summed E-state index contributed by atoms with van der Waals surface area (Å²) in [6, 6.07) is 3.67. The molecule has 1 aromatic heterocycles. The van der Waals surface area contributed by atoms with Gasteiger partial charge in [0.2, 0.25) is 0 Å². The molecule has 6 nitrogen and oxygen atoms in total. The molecule has 0 radical (unpaired) electrons. The molecule has 18 heavy (non-hydrogen) atoms. The van der Waals surface area contributed by atoms with E-state index in [0.29, 0.717) is 12.2 Å². The molecule has 98 valence electrons. The third-order valence-corrected chi connectivity index (χ3v) is 2.94. The van der Waals surface area contributed by atoms with Crippen molar-refractivity contribution in [3.8, 4) is 0 Å². The highest BCUT2D eigenvalue weighted by atomic mass is 16.5. The van der Waals surface area contributed by atoms with Crippen LogP contribution in [0.4, 0.5) is 5.82 Å². The molecule has 2 rings (SSSR count). The number of ether oxygens (including phenoxy) is 1. The molecule has 3 N–H and O–H groups in total. The van der Waals surface area contributed by atoms with Gasteiger partial charge in [-0.2, -0.15) is 0 Å². The monoisotopic (exact) mass is 250 g/mol. The number of anilines is 1. The van der Waals surface area contributed by atoms with E-state index >= 15 is 0 Å². The molecule has 1 fully saturated rings. The first-order chi connectivity index (χ1) is 8.61. The summed E-state index contributed by atoms with van der Waals surface area (Å²) in [4.78, 5) is 6.60. The molecule has 0 aliphatic carbocycles. The van der Waals surface area contributed by atoms with Gasteiger partial charge in [0.15, 0.2) is 5.84 Å². The molecule has 1 aliphatic heterocycles. The van der Waals surface area contributed by atoms with Crippen molar-refractivity contribution in [2.75, 3.05) is 24.6 Å². The topological polar surface area (TPSA) is 84.0 Å². The number of hydrogen-bond acceptors (Lipinski definition) is 5. The van der Waals surface area contributed by atoms with Crippen molar-refractivity contribution < 1.29 is 9.94 Å². The van der Waals surface area contributed by atoms with E-state index in [2.05, 4.69) is 15.0 Å². The summed E-state index contributed by atoms with van der Waals surface area (Å²) in [6.45, 7) is 6.11. The van der Waals surface area contributed by atoms with Gasteiger partial charge < -0.3 is 20.6 Å². The molecule has 0 aromatic carbocycles. The summed E-state index contributed by atoms with van der Waals surface area (Å²) in [7, 11) is 0. The number of aromatic nitrogens is 1. The molecule has 6 heteroatoms. The zero-order valence-electron chi connectivity index (χ0n) is 10.6. The van der Waals surface area contributed by atoms with Gasteiger partial charge in [-0.1, -0.05) is 5.16 Å². The molecule has 0 spiro atoms. The van der Waals surface area contributed by atoms with E-state index in [1.807, 2.05) is 26.0 Å². The zero-order valence-corrected chi connectivity index (χ0v) is 10.6. The van der Waals surface area contributed by atoms with Gasteiger partial charge in [-0.3, -0.25) is 0 Å². The van der Waals surface area contributed by atoms with Crippen LogP contribution in [-0.4, -0.2) is 41.8 Å². The molecule has 2 heterocycles. The smallest absolute Gasteiger partial charge is 0.173 e. The van der Waals surface area contributed by atoms with Crippen LogP contribution in [0.5, 0.6) is 0 Å². The Hall–Kier alpha value is -1.82. The second-order valence-electron chi connectivity index (χ2n) is 4.44. The van der Waals surface area contributed by atoms with Crippen LogP contribution in [0.1, 0.15) is 18.2 Å². The summed E-state index contributed by atoms with van der Waals surface area (Å²) in [5.41, 5.74) is 7.24. The number of pyridine rings is 1. The Morgan fingerprint density at radius 3 is 3.06 bits per heavy atom. The van der Waals surface area contributed by atoms with E-state index in [0.717, 1.165) is 24.6 Å². The Labute approximate surface area is 106 Å². The summed E-state index contributed by atoms with van der Waals surface area (Å²) in [5.74, 6) is 0.831. The second kappa shape index (κ2) is 5.22. The maximum absolute atomic E-state index is 8.82. The standard InChI is InChI=1S/C12H18N4O2/c1-8-3-4-10(11(13)15-17)12(14-8)16-5-6-18-9(2)7-16/h3-4,9,17H,5-7H2,1-2H3,(H2,13,15). The average molecular weight is 250 g/mol. The predicted molar refractivity (Wildman–Crippen MR) is 69.1 cm³/mol. The first-order valence-corrected chi connectivity index (χ1v) is 5.94. The van der Waals surface area contributed by atoms with E-state index in [1.165, 1.54) is 0 Å². The first-order valence-electron chi connectivity index (χ1n) is 5.94. The number of rotatable bonds is 2. The number of hydrogen-bond donors (Lipinski definition) is 2. The van der Waals surface area contributed by atoms with Crippen molar-refractivity contribution in [3.05, 3.63) is 23.4 Å². The van der Waals surface area contributed by atoms with Crippen LogP contribution in [0.25, 0.3) is 0 Å². The number of aryl methyl sites for hydroxylation is 1. The SMILES string of the molecule is Cc1ccc(C(N)=NO)c(N2CCOC(C)C2)n1. The van der Waals surface area contributed by atoms with Crippen LogP contribution in [0.3, 0.4) is 0 Å². The fraction of sp³-hybridized carbons (Fsp3) is 0.500. The van der Waals surface area contributed by atoms with Gasteiger partial charge in [0.05, 0.1) is 18.3 Å². The third kappa shape index (κ3) is 2.53. The molecule has 1 aliphatic rings. The number of amidine groups is 1. The summed E-state index contributed by atoms with van der Waals surface area (Å²) < 4.78 is 5.51. The highest BCUT2D eigenvalue weighted by molar-refractivity contribution is 6.01. The summed E-state index contributed by atoms with van der Waals surface area (Å²) >= 11 is 0. The van der Waals surface area contributed by atoms with Gasteiger partial charge >= 0.3 is 0 Å². The van der Waals surface area contributed by atoms with Crippen molar-refractivity contribution in [2.24, 2.45) is 10.9 Å². The fourth-order valence-corrected chi connectivity index (χ4v) is 2.05. The largest absolute Gasteiger partial charge is 0.409 e. The summed E-state index contributed by atoms with van der Waals surface area (Å²) in [5, 5.41) is 11.9. The normalized spacial score (nSPS) is 21.1. The Morgan fingerprint density at radius 2 is 2.39 bits per heavy atom. The average Bonchev–Trinajstić information content (AvgIpc) is 2.38. The maximum atomic E-state index is 8.82. The van der Waals surface area contributed by atoms with Crippen LogP contribution < -0.4 is 10.6 Å². The first kappa shape index (κ1) is 12.6. The van der Waals surface area contributed by atoms with Gasteiger partial charge in [-0.05, 0) is 26.0 Å². The Morgan fingerprint density at radius 1 is 1.61 bits per heavy atom. The summed E-state index contributed by atoms with van der Waals surface area (Å²) in [6.07, 6.45) is 0.154. The second-order valence-corrected chi connectivity index (χ2v) is 4.44. The lowest BCUT2D eigenvalue weighted by Gasteiger charge is -2.33. The van der Waals surface area contributed by atoms with Gasteiger partial charge in [-0.25, -0.2) is 4.98 Å². The molecule has 0 amide bonds. The van der Waals surface area contributed by atoms with Crippen molar-refractivity contribution in [1.29, 1.82) is 0 Å². The van der Waals surface area contributed by atoms with Crippen LogP contribution in [0.2, 0.25) is 0 Å². The Balaban J connectivity index is 2.38. The zero-order chi connectivity index (χ0) is 13.1. The molecule has 1 aromatic rings. The quantitative estimate of drug-likeness (QED) is 0.349. The van der Waals surface area contributed by atoms with Gasteiger partial charge in [-0.15, -0.1) is 0 Å². The number of oxime groups is 1. The molecular formula is C12H18N4O2. The van der Waals surface area contributed by atoms with Crippen LogP contribution in [0, 0.1) is 6.92 Å². The number of nitrogens with zero attached hydrogens (tertiary/aromatic N) is 3. The molecule has 0 saturated carbocycles. The van der Waals surface area contributed by atoms with Crippen LogP contribution in [-0.2, 0) is 4.74 Å². The number of morpholine rings is 1. The van der Waals surface area contributed by atoms with E-state index in [9.17, 15) is 0 Å². The van der Waals surface area contributed by atoms with Crippen molar-refractivity contribution in [2.45, 2.75) is 20.0 Å². The number of nitrogens with two attached hydrogens (primary N) is 1. The van der Waals surface area contributed by atoms with Crippen molar-refractivity contribution in [3.63, 3.8) is 0 Å². The van der Waals surface area contributed by atoms with Crippen molar-refractivity contribution in [1.82, 2.24) is 4.98 Å². The lowest BCUT2D eigenvalue weighted by Crippen LogP contribution is -2.42. The van der Waals surface area contributed by atoms with E-state index in [-0.39, 0.29) is 11.9 Å². The molecule has 1 atom stereocenters. The highest BCUT2D eigenvalue weighted by Crippen LogP contribution is 2.21. The van der Waals surface area contributed by atoms with Gasteiger partial charge in [0.25, 0.3) is 0 Å². The minimum atomic E-state index is 0.0802. The molecule has 0 bridgehead atoms. The molecule has 1 unspecified atom stereocenters.